The lowest BCUT2D eigenvalue weighted by molar-refractivity contribution is -0.115. The zero-order valence-corrected chi connectivity index (χ0v) is 14.8. The second-order valence-corrected chi connectivity index (χ2v) is 7.53. The third-order valence-electron chi connectivity index (χ3n) is 4.65. The fraction of sp³-hybridized carbons (Fsp3) is 0.474. The molecular weight excluding hydrogens is 322 g/mol. The lowest BCUT2D eigenvalue weighted by Crippen LogP contribution is -2.17. The summed E-state index contributed by atoms with van der Waals surface area (Å²) in [5.41, 5.74) is 1.95. The average Bonchev–Trinajstić information content (AvgIpc) is 2.88. The van der Waals surface area contributed by atoms with E-state index in [1.165, 1.54) is 32.1 Å². The van der Waals surface area contributed by atoms with Gasteiger partial charge in [0.15, 0.2) is 0 Å². The summed E-state index contributed by atoms with van der Waals surface area (Å²) in [4.78, 5) is 23.2. The summed E-state index contributed by atoms with van der Waals surface area (Å²) >= 11 is 0.938. The Bertz CT molecular complexity index is 663. The van der Waals surface area contributed by atoms with E-state index < -0.39 is 0 Å². The summed E-state index contributed by atoms with van der Waals surface area (Å²) in [6, 6.07) is 5.86. The minimum atomic E-state index is -0.324. The number of rotatable bonds is 5. The molecule has 24 heavy (non-hydrogen) atoms. The van der Waals surface area contributed by atoms with Crippen LogP contribution in [0, 0.1) is 12.8 Å². The molecule has 0 aromatic heterocycles. The first-order chi connectivity index (χ1) is 11.6. The van der Waals surface area contributed by atoms with Crippen molar-refractivity contribution in [3.05, 3.63) is 34.2 Å². The van der Waals surface area contributed by atoms with Gasteiger partial charge >= 0.3 is 0 Å². The Morgan fingerprint density at radius 3 is 2.71 bits per heavy atom. The van der Waals surface area contributed by atoms with Crippen LogP contribution in [-0.2, 0) is 4.79 Å². The van der Waals surface area contributed by atoms with Crippen LogP contribution in [0.5, 0.6) is 5.75 Å². The highest BCUT2D eigenvalue weighted by atomic mass is 32.2. The molecular formula is C19H23NO3S. The van der Waals surface area contributed by atoms with E-state index in [9.17, 15) is 9.59 Å². The van der Waals surface area contributed by atoms with Gasteiger partial charge in [-0.05, 0) is 60.4 Å². The Hall–Kier alpha value is -1.75. The van der Waals surface area contributed by atoms with Crippen molar-refractivity contribution in [2.45, 2.75) is 45.4 Å². The Balaban J connectivity index is 1.57. The van der Waals surface area contributed by atoms with Crippen molar-refractivity contribution in [2.75, 3.05) is 6.61 Å². The average molecular weight is 345 g/mol. The van der Waals surface area contributed by atoms with E-state index in [4.69, 9.17) is 4.74 Å². The van der Waals surface area contributed by atoms with Gasteiger partial charge in [-0.15, -0.1) is 0 Å². The zero-order chi connectivity index (χ0) is 16.9. The Labute approximate surface area is 147 Å². The molecule has 3 rings (SSSR count). The molecule has 2 amide bonds. The lowest BCUT2D eigenvalue weighted by Gasteiger charge is -2.21. The molecule has 1 saturated heterocycles. The minimum absolute atomic E-state index is 0.314. The standard InChI is InChI=1S/C19H23NO3S/c1-13-11-15(12-17-18(21)20-19(22)24-17)7-8-16(13)23-10-9-14-5-3-2-4-6-14/h7-8,11-12,14H,2-6,9-10H2,1H3,(H,20,21,22)/b17-12-. The van der Waals surface area contributed by atoms with Crippen molar-refractivity contribution in [1.82, 2.24) is 5.32 Å². The molecule has 4 nitrogen and oxygen atoms in total. The molecule has 0 spiro atoms. The third-order valence-corrected chi connectivity index (χ3v) is 5.46. The number of thioether (sulfide) groups is 1. The normalized spacial score (nSPS) is 20.5. The number of aryl methyl sites for hydroxylation is 1. The largest absolute Gasteiger partial charge is 0.493 e. The van der Waals surface area contributed by atoms with Crippen molar-refractivity contribution < 1.29 is 14.3 Å². The lowest BCUT2D eigenvalue weighted by atomic mass is 9.87. The maximum Gasteiger partial charge on any atom is 0.290 e. The topological polar surface area (TPSA) is 55.4 Å². The van der Waals surface area contributed by atoms with Gasteiger partial charge in [0.1, 0.15) is 5.75 Å². The highest BCUT2D eigenvalue weighted by Crippen LogP contribution is 2.29. The van der Waals surface area contributed by atoms with E-state index in [-0.39, 0.29) is 11.1 Å². The van der Waals surface area contributed by atoms with E-state index in [1.54, 1.807) is 6.08 Å². The first-order valence-corrected chi connectivity index (χ1v) is 9.42. The maximum atomic E-state index is 11.6. The van der Waals surface area contributed by atoms with Gasteiger partial charge in [-0.25, -0.2) is 0 Å². The molecule has 1 aliphatic heterocycles. The number of carbonyl (C=O) groups is 2. The molecule has 1 aromatic rings. The summed E-state index contributed by atoms with van der Waals surface area (Å²) in [6.45, 7) is 2.77. The Morgan fingerprint density at radius 1 is 1.25 bits per heavy atom. The highest BCUT2D eigenvalue weighted by Gasteiger charge is 2.24. The molecule has 128 valence electrons. The van der Waals surface area contributed by atoms with Crippen LogP contribution in [0.3, 0.4) is 0 Å². The van der Waals surface area contributed by atoms with Crippen molar-refractivity contribution in [1.29, 1.82) is 0 Å². The quantitative estimate of drug-likeness (QED) is 0.788. The molecule has 0 bridgehead atoms. The molecule has 2 aliphatic rings. The van der Waals surface area contributed by atoms with E-state index in [0.717, 1.165) is 47.6 Å². The second-order valence-electron chi connectivity index (χ2n) is 6.52. The second kappa shape index (κ2) is 7.88. The molecule has 2 fully saturated rings. The summed E-state index contributed by atoms with van der Waals surface area (Å²) in [7, 11) is 0. The van der Waals surface area contributed by atoms with Crippen LogP contribution in [0.25, 0.3) is 6.08 Å². The van der Waals surface area contributed by atoms with E-state index in [1.807, 2.05) is 25.1 Å². The predicted molar refractivity (Wildman–Crippen MR) is 97.0 cm³/mol. The van der Waals surface area contributed by atoms with Crippen LogP contribution in [0.15, 0.2) is 23.1 Å². The number of imide groups is 1. The fourth-order valence-corrected chi connectivity index (χ4v) is 3.99. The van der Waals surface area contributed by atoms with Crippen LogP contribution >= 0.6 is 11.8 Å². The van der Waals surface area contributed by atoms with Crippen molar-refractivity contribution in [2.24, 2.45) is 5.92 Å². The van der Waals surface area contributed by atoms with Gasteiger partial charge < -0.3 is 4.74 Å². The number of ether oxygens (including phenoxy) is 1. The highest BCUT2D eigenvalue weighted by molar-refractivity contribution is 8.18. The maximum absolute atomic E-state index is 11.6. The van der Waals surface area contributed by atoms with E-state index in [2.05, 4.69) is 5.32 Å². The van der Waals surface area contributed by atoms with Gasteiger partial charge in [0, 0.05) is 0 Å². The zero-order valence-electron chi connectivity index (χ0n) is 14.0. The molecule has 1 heterocycles. The molecule has 0 unspecified atom stereocenters. The number of amides is 2. The minimum Gasteiger partial charge on any atom is -0.493 e. The summed E-state index contributed by atoms with van der Waals surface area (Å²) in [5, 5.41) is 1.95. The van der Waals surface area contributed by atoms with Gasteiger partial charge in [-0.1, -0.05) is 38.2 Å². The first-order valence-electron chi connectivity index (χ1n) is 8.60. The van der Waals surface area contributed by atoms with Crippen molar-refractivity contribution >= 4 is 29.0 Å². The summed E-state index contributed by atoms with van der Waals surface area (Å²) in [6.07, 6.45) is 9.66. The Morgan fingerprint density at radius 2 is 2.04 bits per heavy atom. The molecule has 0 radical (unpaired) electrons. The van der Waals surface area contributed by atoms with Crippen LogP contribution in [0.1, 0.15) is 49.7 Å². The molecule has 0 atom stereocenters. The van der Waals surface area contributed by atoms with Crippen molar-refractivity contribution in [3.63, 3.8) is 0 Å². The number of hydrogen-bond acceptors (Lipinski definition) is 4. The van der Waals surface area contributed by atoms with Crippen LogP contribution in [-0.4, -0.2) is 17.8 Å². The third kappa shape index (κ3) is 4.41. The molecule has 1 N–H and O–H groups in total. The number of benzene rings is 1. The van der Waals surface area contributed by atoms with Crippen molar-refractivity contribution in [3.8, 4) is 5.75 Å². The molecule has 1 aromatic carbocycles. The van der Waals surface area contributed by atoms with Crippen LogP contribution in [0.4, 0.5) is 4.79 Å². The van der Waals surface area contributed by atoms with Gasteiger partial charge in [0.05, 0.1) is 11.5 Å². The number of carbonyl (C=O) groups excluding carboxylic acids is 2. The summed E-state index contributed by atoms with van der Waals surface area (Å²) < 4.78 is 5.94. The fourth-order valence-electron chi connectivity index (χ4n) is 3.31. The smallest absolute Gasteiger partial charge is 0.290 e. The molecule has 1 saturated carbocycles. The summed E-state index contributed by atoms with van der Waals surface area (Å²) in [5.74, 6) is 1.39. The first kappa shape index (κ1) is 17.1. The van der Waals surface area contributed by atoms with Crippen LogP contribution < -0.4 is 10.1 Å². The van der Waals surface area contributed by atoms with Gasteiger partial charge in [0.2, 0.25) is 0 Å². The number of hydrogen-bond donors (Lipinski definition) is 1. The monoisotopic (exact) mass is 345 g/mol. The molecule has 5 heteroatoms. The van der Waals surface area contributed by atoms with E-state index >= 15 is 0 Å². The van der Waals surface area contributed by atoms with Crippen LogP contribution in [0.2, 0.25) is 0 Å². The van der Waals surface area contributed by atoms with Gasteiger partial charge in [-0.2, -0.15) is 0 Å². The predicted octanol–water partition coefficient (Wildman–Crippen LogP) is 4.67. The van der Waals surface area contributed by atoms with Gasteiger partial charge in [-0.3, -0.25) is 14.9 Å². The van der Waals surface area contributed by atoms with E-state index in [0.29, 0.717) is 4.91 Å². The SMILES string of the molecule is Cc1cc(/C=C2\SC(=O)NC2=O)ccc1OCCC1CCCCC1. The Kier molecular flexibility index (Phi) is 5.61. The number of nitrogens with one attached hydrogen (secondary N) is 1. The van der Waals surface area contributed by atoms with Gasteiger partial charge in [0.25, 0.3) is 11.1 Å². The molecule has 1 aliphatic carbocycles.